The second-order valence-corrected chi connectivity index (χ2v) is 6.79. The van der Waals surface area contributed by atoms with Crippen LogP contribution in [-0.4, -0.2) is 22.7 Å². The molecule has 0 aliphatic carbocycles. The third kappa shape index (κ3) is 4.39. The van der Waals surface area contributed by atoms with Gasteiger partial charge in [-0.05, 0) is 48.9 Å². The SMILES string of the molecule is COc1ccc(-n2nc(CC/C(=N/N)NN)cc2-c2ccc(Cl)c(Cl)c2)cc1. The standard InChI is InChI=1S/C19H20Cl2N6O/c1-28-15-6-4-14(5-7-15)27-18(12-2-8-16(20)17(21)10-12)11-13(26-27)3-9-19(24-22)25-23/h2,4-8,10-11H,3,9,22-23H2,1H3,(H,24,25). The predicted octanol–water partition coefficient (Wildman–Crippen LogP) is 3.52. The van der Waals surface area contributed by atoms with E-state index in [0.717, 1.165) is 28.4 Å². The highest BCUT2D eigenvalue weighted by Crippen LogP contribution is 2.31. The van der Waals surface area contributed by atoms with Crippen molar-refractivity contribution in [2.45, 2.75) is 12.8 Å². The Morgan fingerprint density at radius 3 is 2.50 bits per heavy atom. The molecule has 5 N–H and O–H groups in total. The summed E-state index contributed by atoms with van der Waals surface area (Å²) in [6.45, 7) is 0. The number of hydrogen-bond acceptors (Lipinski definition) is 5. The van der Waals surface area contributed by atoms with Crippen LogP contribution in [-0.2, 0) is 6.42 Å². The Balaban J connectivity index is 2.02. The Labute approximate surface area is 172 Å². The average Bonchev–Trinajstić information content (AvgIpc) is 3.15. The molecule has 0 spiro atoms. The topological polar surface area (TPSA) is 103 Å². The first-order chi connectivity index (χ1) is 13.5. The van der Waals surface area contributed by atoms with Gasteiger partial charge in [-0.2, -0.15) is 10.2 Å². The van der Waals surface area contributed by atoms with Crippen LogP contribution in [0.15, 0.2) is 53.6 Å². The highest BCUT2D eigenvalue weighted by molar-refractivity contribution is 6.42. The minimum Gasteiger partial charge on any atom is -0.497 e. The van der Waals surface area contributed by atoms with Gasteiger partial charge < -0.3 is 16.0 Å². The zero-order chi connectivity index (χ0) is 20.1. The summed E-state index contributed by atoms with van der Waals surface area (Å²) in [6, 6.07) is 15.1. The molecular weight excluding hydrogens is 399 g/mol. The fraction of sp³-hybridized carbons (Fsp3) is 0.158. The maximum Gasteiger partial charge on any atom is 0.136 e. The van der Waals surface area contributed by atoms with Crippen molar-refractivity contribution in [2.75, 3.05) is 7.11 Å². The van der Waals surface area contributed by atoms with Gasteiger partial charge in [0.15, 0.2) is 0 Å². The second kappa shape index (κ2) is 8.97. The van der Waals surface area contributed by atoms with E-state index in [1.165, 1.54) is 0 Å². The van der Waals surface area contributed by atoms with E-state index >= 15 is 0 Å². The van der Waals surface area contributed by atoms with Crippen molar-refractivity contribution < 1.29 is 4.74 Å². The normalized spacial score (nSPS) is 11.5. The Morgan fingerprint density at radius 2 is 1.89 bits per heavy atom. The van der Waals surface area contributed by atoms with Crippen molar-refractivity contribution in [3.8, 4) is 22.7 Å². The van der Waals surface area contributed by atoms with E-state index < -0.39 is 0 Å². The molecule has 3 rings (SSSR count). The number of benzene rings is 2. The van der Waals surface area contributed by atoms with E-state index in [0.29, 0.717) is 28.7 Å². The summed E-state index contributed by atoms with van der Waals surface area (Å²) in [7, 11) is 1.63. The van der Waals surface area contributed by atoms with Gasteiger partial charge in [-0.15, -0.1) is 0 Å². The number of hydrazone groups is 1. The first kappa shape index (κ1) is 20.0. The summed E-state index contributed by atoms with van der Waals surface area (Å²) < 4.78 is 7.09. The Bertz CT molecular complexity index is 985. The van der Waals surface area contributed by atoms with Crippen LogP contribution in [0.4, 0.5) is 0 Å². The van der Waals surface area contributed by atoms with Crippen LogP contribution in [0.2, 0.25) is 10.0 Å². The zero-order valence-electron chi connectivity index (χ0n) is 15.2. The quantitative estimate of drug-likeness (QED) is 0.246. The fourth-order valence-corrected chi connectivity index (χ4v) is 3.05. The van der Waals surface area contributed by atoms with Crippen molar-refractivity contribution in [2.24, 2.45) is 16.8 Å². The van der Waals surface area contributed by atoms with Gasteiger partial charge in [0.25, 0.3) is 0 Å². The summed E-state index contributed by atoms with van der Waals surface area (Å²) >= 11 is 12.3. The lowest BCUT2D eigenvalue weighted by atomic mass is 10.1. The van der Waals surface area contributed by atoms with Crippen molar-refractivity contribution in [3.05, 3.63) is 64.3 Å². The number of nitrogens with one attached hydrogen (secondary N) is 1. The molecule has 0 saturated heterocycles. The molecule has 146 valence electrons. The van der Waals surface area contributed by atoms with Gasteiger partial charge in [-0.3, -0.25) is 0 Å². The number of hydrogen-bond donors (Lipinski definition) is 3. The van der Waals surface area contributed by atoms with E-state index in [2.05, 4.69) is 10.5 Å². The molecule has 28 heavy (non-hydrogen) atoms. The average molecular weight is 419 g/mol. The van der Waals surface area contributed by atoms with Crippen molar-refractivity contribution >= 4 is 29.0 Å². The number of nitrogens with two attached hydrogens (primary N) is 2. The van der Waals surface area contributed by atoms with Gasteiger partial charge in [0, 0.05) is 12.0 Å². The molecule has 0 atom stereocenters. The lowest BCUT2D eigenvalue weighted by Crippen LogP contribution is -2.31. The molecule has 0 aliphatic rings. The molecule has 0 unspecified atom stereocenters. The molecular formula is C19H20Cl2N6O. The van der Waals surface area contributed by atoms with Crippen LogP contribution in [0.5, 0.6) is 5.75 Å². The number of aryl methyl sites for hydroxylation is 1. The summed E-state index contributed by atoms with van der Waals surface area (Å²) in [5.74, 6) is 12.0. The molecule has 0 radical (unpaired) electrons. The fourth-order valence-electron chi connectivity index (χ4n) is 2.75. The largest absolute Gasteiger partial charge is 0.497 e. The maximum absolute atomic E-state index is 6.22. The summed E-state index contributed by atoms with van der Waals surface area (Å²) in [4.78, 5) is 0. The Hall–Kier alpha value is -2.74. The number of amidine groups is 1. The minimum atomic E-state index is 0.480. The summed E-state index contributed by atoms with van der Waals surface area (Å²) in [5, 5.41) is 9.33. The first-order valence-electron chi connectivity index (χ1n) is 8.48. The highest BCUT2D eigenvalue weighted by atomic mass is 35.5. The van der Waals surface area contributed by atoms with E-state index in [1.807, 2.05) is 47.1 Å². The first-order valence-corrected chi connectivity index (χ1v) is 9.23. The number of nitrogens with zero attached hydrogens (tertiary/aromatic N) is 3. The number of methoxy groups -OCH3 is 1. The van der Waals surface area contributed by atoms with Gasteiger partial charge in [-0.1, -0.05) is 29.3 Å². The van der Waals surface area contributed by atoms with Crippen LogP contribution < -0.4 is 21.8 Å². The molecule has 3 aromatic rings. The smallest absolute Gasteiger partial charge is 0.136 e. The van der Waals surface area contributed by atoms with E-state index in [9.17, 15) is 0 Å². The van der Waals surface area contributed by atoms with Crippen LogP contribution in [0.25, 0.3) is 16.9 Å². The number of aromatic nitrogens is 2. The minimum absolute atomic E-state index is 0.480. The molecule has 1 aromatic heterocycles. The number of hydrazine groups is 1. The summed E-state index contributed by atoms with van der Waals surface area (Å²) in [5.41, 5.74) is 6.00. The van der Waals surface area contributed by atoms with Gasteiger partial charge >= 0.3 is 0 Å². The van der Waals surface area contributed by atoms with Crippen LogP contribution >= 0.6 is 23.2 Å². The van der Waals surface area contributed by atoms with Crippen molar-refractivity contribution in [1.29, 1.82) is 0 Å². The van der Waals surface area contributed by atoms with E-state index in [-0.39, 0.29) is 0 Å². The lowest BCUT2D eigenvalue weighted by Gasteiger charge is -2.09. The number of rotatable bonds is 6. The molecule has 1 heterocycles. The predicted molar refractivity (Wildman–Crippen MR) is 113 cm³/mol. The molecule has 0 fully saturated rings. The molecule has 9 heteroatoms. The molecule has 7 nitrogen and oxygen atoms in total. The van der Waals surface area contributed by atoms with Gasteiger partial charge in [0.1, 0.15) is 11.6 Å². The molecule has 0 aliphatic heterocycles. The summed E-state index contributed by atoms with van der Waals surface area (Å²) in [6.07, 6.45) is 1.14. The number of halogens is 2. The van der Waals surface area contributed by atoms with E-state index in [4.69, 9.17) is 44.7 Å². The van der Waals surface area contributed by atoms with E-state index in [1.54, 1.807) is 13.2 Å². The molecule has 0 bridgehead atoms. The molecule has 0 amide bonds. The third-order valence-electron chi connectivity index (χ3n) is 4.23. The molecule has 0 saturated carbocycles. The second-order valence-electron chi connectivity index (χ2n) is 5.98. The van der Waals surface area contributed by atoms with Crippen molar-refractivity contribution in [1.82, 2.24) is 15.2 Å². The Morgan fingerprint density at radius 1 is 1.14 bits per heavy atom. The van der Waals surface area contributed by atoms with Crippen LogP contribution in [0.1, 0.15) is 12.1 Å². The maximum atomic E-state index is 6.22. The Kier molecular flexibility index (Phi) is 6.41. The molecule has 2 aromatic carbocycles. The van der Waals surface area contributed by atoms with Gasteiger partial charge in [0.05, 0.1) is 34.2 Å². The highest BCUT2D eigenvalue weighted by Gasteiger charge is 2.14. The van der Waals surface area contributed by atoms with Gasteiger partial charge in [-0.25, -0.2) is 10.5 Å². The number of ether oxygens (including phenoxy) is 1. The lowest BCUT2D eigenvalue weighted by molar-refractivity contribution is 0.414. The zero-order valence-corrected chi connectivity index (χ0v) is 16.7. The van der Waals surface area contributed by atoms with Crippen LogP contribution in [0.3, 0.4) is 0 Å². The van der Waals surface area contributed by atoms with Gasteiger partial charge in [0.2, 0.25) is 0 Å². The van der Waals surface area contributed by atoms with Crippen molar-refractivity contribution in [3.63, 3.8) is 0 Å². The third-order valence-corrected chi connectivity index (χ3v) is 4.97. The van der Waals surface area contributed by atoms with Crippen LogP contribution in [0, 0.1) is 0 Å². The monoisotopic (exact) mass is 418 g/mol.